The van der Waals surface area contributed by atoms with Crippen LogP contribution in [0.5, 0.6) is 0 Å². The number of amides is 1. The van der Waals surface area contributed by atoms with Gasteiger partial charge in [0.15, 0.2) is 0 Å². The number of nitrogens with two attached hydrogens (primary N) is 1. The van der Waals surface area contributed by atoms with Gasteiger partial charge in [0, 0.05) is 16.8 Å². The molecule has 0 heterocycles. The van der Waals surface area contributed by atoms with Crippen LogP contribution >= 0.6 is 0 Å². The zero-order chi connectivity index (χ0) is 14.0. The van der Waals surface area contributed by atoms with Gasteiger partial charge in [0.25, 0.3) is 0 Å². The van der Waals surface area contributed by atoms with Crippen LogP contribution in [0.4, 0.5) is 11.4 Å². The van der Waals surface area contributed by atoms with Crippen LogP contribution in [0, 0.1) is 19.3 Å². The monoisotopic (exact) mass is 260 g/mol. The number of benzene rings is 1. The Hall–Kier alpha value is -1.51. The summed E-state index contributed by atoms with van der Waals surface area (Å²) in [6.07, 6.45) is 5.29. The molecule has 2 rings (SSSR count). The molecular formula is C16H24N2O. The standard InChI is InChI=1S/C16H24N2O/c1-4-16(7-5-6-8-16)15(19)18-14-11(2)9-13(17)10-12(14)3/h9-10H,4-8,17H2,1-3H3,(H,18,19). The van der Waals surface area contributed by atoms with E-state index in [-0.39, 0.29) is 11.3 Å². The normalized spacial score (nSPS) is 17.4. The molecule has 0 saturated heterocycles. The van der Waals surface area contributed by atoms with Crippen LogP contribution in [0.15, 0.2) is 12.1 Å². The second-order valence-electron chi connectivity index (χ2n) is 5.82. The van der Waals surface area contributed by atoms with Crippen molar-refractivity contribution in [3.63, 3.8) is 0 Å². The van der Waals surface area contributed by atoms with Gasteiger partial charge in [-0.25, -0.2) is 0 Å². The molecule has 1 aromatic carbocycles. The molecule has 0 spiro atoms. The number of aryl methyl sites for hydroxylation is 2. The fourth-order valence-electron chi connectivity index (χ4n) is 3.23. The molecule has 1 aromatic rings. The van der Waals surface area contributed by atoms with Gasteiger partial charge in [0.05, 0.1) is 0 Å². The van der Waals surface area contributed by atoms with E-state index in [0.29, 0.717) is 0 Å². The molecule has 0 atom stereocenters. The maximum atomic E-state index is 12.6. The number of nitrogen functional groups attached to an aromatic ring is 1. The molecule has 0 aromatic heterocycles. The van der Waals surface area contributed by atoms with Crippen molar-refractivity contribution in [1.82, 2.24) is 0 Å². The number of rotatable bonds is 3. The Morgan fingerprint density at radius 3 is 2.26 bits per heavy atom. The average Bonchev–Trinajstić information content (AvgIpc) is 2.83. The van der Waals surface area contributed by atoms with Crippen LogP contribution < -0.4 is 11.1 Å². The highest BCUT2D eigenvalue weighted by molar-refractivity contribution is 5.97. The van der Waals surface area contributed by atoms with Gasteiger partial charge in [-0.05, 0) is 56.4 Å². The SMILES string of the molecule is CCC1(C(=O)Nc2c(C)cc(N)cc2C)CCCC1. The lowest BCUT2D eigenvalue weighted by Gasteiger charge is -2.27. The lowest BCUT2D eigenvalue weighted by Crippen LogP contribution is -2.33. The Kier molecular flexibility index (Phi) is 3.83. The molecular weight excluding hydrogens is 236 g/mol. The first-order valence-electron chi connectivity index (χ1n) is 7.17. The summed E-state index contributed by atoms with van der Waals surface area (Å²) < 4.78 is 0. The molecule has 0 radical (unpaired) electrons. The molecule has 0 aliphatic heterocycles. The van der Waals surface area contributed by atoms with Crippen molar-refractivity contribution in [3.05, 3.63) is 23.3 Å². The predicted molar refractivity (Wildman–Crippen MR) is 80.2 cm³/mol. The van der Waals surface area contributed by atoms with Crippen molar-refractivity contribution in [2.75, 3.05) is 11.1 Å². The van der Waals surface area contributed by atoms with E-state index < -0.39 is 0 Å². The molecule has 1 aliphatic carbocycles. The van der Waals surface area contributed by atoms with Crippen molar-refractivity contribution in [3.8, 4) is 0 Å². The summed E-state index contributed by atoms with van der Waals surface area (Å²) in [7, 11) is 0. The first kappa shape index (κ1) is 13.9. The molecule has 0 bridgehead atoms. The van der Waals surface area contributed by atoms with E-state index in [0.717, 1.165) is 41.8 Å². The number of nitrogens with one attached hydrogen (secondary N) is 1. The minimum Gasteiger partial charge on any atom is -0.399 e. The largest absolute Gasteiger partial charge is 0.399 e. The maximum Gasteiger partial charge on any atom is 0.230 e. The Labute approximate surface area is 115 Å². The molecule has 1 saturated carbocycles. The van der Waals surface area contributed by atoms with Gasteiger partial charge < -0.3 is 11.1 Å². The molecule has 1 aliphatic rings. The summed E-state index contributed by atoms with van der Waals surface area (Å²) in [5, 5.41) is 3.14. The summed E-state index contributed by atoms with van der Waals surface area (Å²) in [6, 6.07) is 3.83. The zero-order valence-corrected chi connectivity index (χ0v) is 12.2. The van der Waals surface area contributed by atoms with Crippen molar-refractivity contribution >= 4 is 17.3 Å². The minimum absolute atomic E-state index is 0.153. The Bertz CT molecular complexity index is 465. The van der Waals surface area contributed by atoms with Gasteiger partial charge in [-0.1, -0.05) is 19.8 Å². The number of hydrogen-bond acceptors (Lipinski definition) is 2. The highest BCUT2D eigenvalue weighted by Gasteiger charge is 2.39. The molecule has 3 nitrogen and oxygen atoms in total. The third-order valence-corrected chi connectivity index (χ3v) is 4.51. The molecule has 3 heteroatoms. The molecule has 1 fully saturated rings. The van der Waals surface area contributed by atoms with Gasteiger partial charge in [-0.3, -0.25) is 4.79 Å². The fraction of sp³-hybridized carbons (Fsp3) is 0.562. The summed E-state index contributed by atoms with van der Waals surface area (Å²) in [5.41, 5.74) is 9.42. The van der Waals surface area contributed by atoms with Crippen LogP contribution in [0.25, 0.3) is 0 Å². The third-order valence-electron chi connectivity index (χ3n) is 4.51. The van der Waals surface area contributed by atoms with Crippen LogP contribution in [-0.2, 0) is 4.79 Å². The molecule has 0 unspecified atom stereocenters. The van der Waals surface area contributed by atoms with E-state index in [1.165, 1.54) is 12.8 Å². The molecule has 19 heavy (non-hydrogen) atoms. The fourth-order valence-corrected chi connectivity index (χ4v) is 3.23. The van der Waals surface area contributed by atoms with Gasteiger partial charge in [0.2, 0.25) is 5.91 Å². The molecule has 104 valence electrons. The first-order valence-corrected chi connectivity index (χ1v) is 7.17. The highest BCUT2D eigenvalue weighted by atomic mass is 16.2. The quantitative estimate of drug-likeness (QED) is 0.812. The lowest BCUT2D eigenvalue weighted by atomic mass is 9.82. The summed E-state index contributed by atoms with van der Waals surface area (Å²) >= 11 is 0. The predicted octanol–water partition coefficient (Wildman–Crippen LogP) is 3.79. The van der Waals surface area contributed by atoms with Crippen LogP contribution in [0.1, 0.15) is 50.2 Å². The van der Waals surface area contributed by atoms with E-state index >= 15 is 0 Å². The van der Waals surface area contributed by atoms with E-state index in [2.05, 4.69) is 12.2 Å². The third kappa shape index (κ3) is 2.60. The van der Waals surface area contributed by atoms with E-state index in [9.17, 15) is 4.79 Å². The first-order chi connectivity index (χ1) is 8.98. The van der Waals surface area contributed by atoms with Crippen molar-refractivity contribution in [2.45, 2.75) is 52.9 Å². The summed E-state index contributed by atoms with van der Waals surface area (Å²) in [4.78, 5) is 12.6. The van der Waals surface area contributed by atoms with Crippen LogP contribution in [0.2, 0.25) is 0 Å². The number of hydrogen-bond donors (Lipinski definition) is 2. The lowest BCUT2D eigenvalue weighted by molar-refractivity contribution is -0.125. The second kappa shape index (κ2) is 5.24. The van der Waals surface area contributed by atoms with Gasteiger partial charge >= 0.3 is 0 Å². The van der Waals surface area contributed by atoms with E-state index in [1.807, 2.05) is 26.0 Å². The number of carbonyl (C=O) groups is 1. The van der Waals surface area contributed by atoms with Gasteiger partial charge in [-0.2, -0.15) is 0 Å². The smallest absolute Gasteiger partial charge is 0.230 e. The maximum absolute atomic E-state index is 12.6. The van der Waals surface area contributed by atoms with Crippen molar-refractivity contribution in [1.29, 1.82) is 0 Å². The number of carbonyl (C=O) groups excluding carboxylic acids is 1. The van der Waals surface area contributed by atoms with Crippen LogP contribution in [-0.4, -0.2) is 5.91 Å². The van der Waals surface area contributed by atoms with E-state index in [4.69, 9.17) is 5.73 Å². The second-order valence-corrected chi connectivity index (χ2v) is 5.82. The minimum atomic E-state index is -0.153. The topological polar surface area (TPSA) is 55.1 Å². The average molecular weight is 260 g/mol. The molecule has 3 N–H and O–H groups in total. The zero-order valence-electron chi connectivity index (χ0n) is 12.2. The van der Waals surface area contributed by atoms with Crippen LogP contribution in [0.3, 0.4) is 0 Å². The molecule has 1 amide bonds. The van der Waals surface area contributed by atoms with Gasteiger partial charge in [-0.15, -0.1) is 0 Å². The highest BCUT2D eigenvalue weighted by Crippen LogP contribution is 2.42. The Morgan fingerprint density at radius 1 is 1.26 bits per heavy atom. The Balaban J connectivity index is 2.24. The van der Waals surface area contributed by atoms with Crippen molar-refractivity contribution < 1.29 is 4.79 Å². The Morgan fingerprint density at radius 2 is 1.79 bits per heavy atom. The summed E-state index contributed by atoms with van der Waals surface area (Å²) in [5.74, 6) is 0.184. The van der Waals surface area contributed by atoms with Crippen molar-refractivity contribution in [2.24, 2.45) is 5.41 Å². The summed E-state index contributed by atoms with van der Waals surface area (Å²) in [6.45, 7) is 6.10. The van der Waals surface area contributed by atoms with E-state index in [1.54, 1.807) is 0 Å². The number of anilines is 2. The van der Waals surface area contributed by atoms with Gasteiger partial charge in [0.1, 0.15) is 0 Å².